The van der Waals surface area contributed by atoms with Gasteiger partial charge in [-0.25, -0.2) is 4.39 Å². The molecule has 0 aliphatic rings. The lowest BCUT2D eigenvalue weighted by Crippen LogP contribution is -1.97. The third kappa shape index (κ3) is 5.11. The van der Waals surface area contributed by atoms with Gasteiger partial charge >= 0.3 is 0 Å². The summed E-state index contributed by atoms with van der Waals surface area (Å²) in [7, 11) is 8.72. The highest BCUT2D eigenvalue weighted by atomic mass is 31.0. The zero-order valence-corrected chi connectivity index (χ0v) is 19.2. The molecular formula is C24H27FO2P2. The van der Waals surface area contributed by atoms with Gasteiger partial charge in [0.15, 0.2) is 0 Å². The van der Waals surface area contributed by atoms with Crippen LogP contribution in [0.3, 0.4) is 0 Å². The van der Waals surface area contributed by atoms with E-state index >= 15 is 0 Å². The summed E-state index contributed by atoms with van der Waals surface area (Å²) >= 11 is 0. The minimum absolute atomic E-state index is 0.184. The second-order valence-corrected chi connectivity index (χ2v) is 7.75. The van der Waals surface area contributed by atoms with Gasteiger partial charge in [-0.3, -0.25) is 0 Å². The van der Waals surface area contributed by atoms with Gasteiger partial charge in [-0.1, -0.05) is 36.4 Å². The first kappa shape index (κ1) is 22.1. The van der Waals surface area contributed by atoms with Crippen LogP contribution in [0, 0.1) is 5.82 Å². The van der Waals surface area contributed by atoms with Crippen LogP contribution >= 0.6 is 18.5 Å². The Hall–Kier alpha value is -1.63. The fraction of sp³-hybridized carbons (Fsp3) is 0.250. The topological polar surface area (TPSA) is 18.5 Å². The van der Waals surface area contributed by atoms with Gasteiger partial charge in [-0.2, -0.15) is 0 Å². The summed E-state index contributed by atoms with van der Waals surface area (Å²) in [6.45, 7) is 1.04. The number of hydrogen-bond acceptors (Lipinski definition) is 2. The van der Waals surface area contributed by atoms with Crippen molar-refractivity contribution in [2.75, 3.05) is 14.2 Å². The van der Waals surface area contributed by atoms with E-state index in [0.717, 1.165) is 34.0 Å². The van der Waals surface area contributed by atoms with Crippen LogP contribution < -0.4 is 0 Å². The number of halogens is 1. The highest BCUT2D eigenvalue weighted by molar-refractivity contribution is 7.15. The highest BCUT2D eigenvalue weighted by Crippen LogP contribution is 2.31. The lowest BCUT2D eigenvalue weighted by molar-refractivity contribution is 0.184. The largest absolute Gasteiger partial charge is 0.380 e. The van der Waals surface area contributed by atoms with Crippen LogP contribution in [0.25, 0.3) is 22.3 Å². The molecule has 0 saturated heterocycles. The molecule has 0 radical (unpaired) electrons. The van der Waals surface area contributed by atoms with Gasteiger partial charge in [0.25, 0.3) is 0 Å². The molecule has 0 fully saturated rings. The van der Waals surface area contributed by atoms with Gasteiger partial charge in [-0.05, 0) is 75.0 Å². The number of hydrogen-bond donors (Lipinski definition) is 0. The van der Waals surface area contributed by atoms with Gasteiger partial charge in [0.2, 0.25) is 0 Å². The van der Waals surface area contributed by atoms with E-state index in [0.29, 0.717) is 24.9 Å². The molecular weight excluding hydrogens is 401 g/mol. The van der Waals surface area contributed by atoms with E-state index < -0.39 is 0 Å². The summed E-state index contributed by atoms with van der Waals surface area (Å²) in [6, 6.07) is 18.2. The Morgan fingerprint density at radius 2 is 1.24 bits per heavy atom. The van der Waals surface area contributed by atoms with Crippen molar-refractivity contribution in [3.05, 3.63) is 82.7 Å². The fourth-order valence-electron chi connectivity index (χ4n) is 3.51. The SMILES string of the molecule is COCc1cc(-c2ccc(-c3cc(F)c(CP)cc3COC)cc2)ccc1CP. The molecule has 0 saturated carbocycles. The van der Waals surface area contributed by atoms with E-state index in [2.05, 4.69) is 48.8 Å². The normalized spacial score (nSPS) is 11.1. The van der Waals surface area contributed by atoms with Crippen molar-refractivity contribution < 1.29 is 13.9 Å². The molecule has 3 aromatic carbocycles. The molecule has 0 aliphatic heterocycles. The molecule has 0 N–H and O–H groups in total. The Bertz CT molecular complexity index is 971. The maximum atomic E-state index is 14.4. The Balaban J connectivity index is 1.97. The molecule has 3 rings (SSSR count). The van der Waals surface area contributed by atoms with Gasteiger partial charge in [0.1, 0.15) is 5.82 Å². The molecule has 0 amide bonds. The third-order valence-electron chi connectivity index (χ3n) is 5.05. The van der Waals surface area contributed by atoms with Crippen molar-refractivity contribution in [2.24, 2.45) is 0 Å². The maximum absolute atomic E-state index is 14.4. The van der Waals surface area contributed by atoms with Crippen LogP contribution in [-0.4, -0.2) is 14.2 Å². The first-order valence-electron chi connectivity index (χ1n) is 9.53. The molecule has 5 heteroatoms. The molecule has 0 aromatic heterocycles. The first-order chi connectivity index (χ1) is 14.1. The quantitative estimate of drug-likeness (QED) is 0.398. The van der Waals surface area contributed by atoms with Crippen LogP contribution in [0.4, 0.5) is 4.39 Å². The number of benzene rings is 3. The second-order valence-electron chi connectivity index (χ2n) is 6.94. The standard InChI is InChI=1S/C24H27FO2P2/c1-26-12-20-9-18(7-8-19(20)14-28)16-3-5-17(6-4-16)23-11-24(25)22(15-29)10-21(23)13-27-2/h3-11H,12-15,28-29H2,1-2H3. The smallest absolute Gasteiger partial charge is 0.127 e. The Morgan fingerprint density at radius 1 is 0.655 bits per heavy atom. The van der Waals surface area contributed by atoms with Gasteiger partial charge in [-0.15, -0.1) is 18.5 Å². The van der Waals surface area contributed by atoms with Crippen LogP contribution in [0.2, 0.25) is 0 Å². The van der Waals surface area contributed by atoms with Gasteiger partial charge < -0.3 is 9.47 Å². The van der Waals surface area contributed by atoms with E-state index in [-0.39, 0.29) is 5.82 Å². The molecule has 152 valence electrons. The summed E-state index contributed by atoms with van der Waals surface area (Å²) in [4.78, 5) is 0. The lowest BCUT2D eigenvalue weighted by atomic mass is 9.94. The molecule has 2 unspecified atom stereocenters. The van der Waals surface area contributed by atoms with E-state index in [1.165, 1.54) is 11.1 Å². The molecule has 2 atom stereocenters. The average Bonchev–Trinajstić information content (AvgIpc) is 2.75. The van der Waals surface area contributed by atoms with Crippen LogP contribution in [0.5, 0.6) is 0 Å². The molecule has 29 heavy (non-hydrogen) atoms. The molecule has 2 nitrogen and oxygen atoms in total. The molecule has 0 heterocycles. The first-order valence-corrected chi connectivity index (χ1v) is 11.2. The minimum Gasteiger partial charge on any atom is -0.380 e. The monoisotopic (exact) mass is 428 g/mol. The maximum Gasteiger partial charge on any atom is 0.127 e. The predicted octanol–water partition coefficient (Wildman–Crippen LogP) is 6.20. The number of ether oxygens (including phenoxy) is 2. The highest BCUT2D eigenvalue weighted by Gasteiger charge is 2.12. The predicted molar refractivity (Wildman–Crippen MR) is 126 cm³/mol. The van der Waals surface area contributed by atoms with Crippen molar-refractivity contribution in [2.45, 2.75) is 25.5 Å². The zero-order chi connectivity index (χ0) is 20.8. The van der Waals surface area contributed by atoms with Gasteiger partial charge in [0.05, 0.1) is 13.2 Å². The lowest BCUT2D eigenvalue weighted by Gasteiger charge is -2.14. The molecule has 3 aromatic rings. The van der Waals surface area contributed by atoms with E-state index in [1.54, 1.807) is 20.3 Å². The van der Waals surface area contributed by atoms with E-state index in [4.69, 9.17) is 9.47 Å². The molecule has 0 aliphatic carbocycles. The fourth-order valence-corrected chi connectivity index (χ4v) is 4.22. The summed E-state index contributed by atoms with van der Waals surface area (Å²) in [5, 5.41) is 0. The minimum atomic E-state index is -0.184. The summed E-state index contributed by atoms with van der Waals surface area (Å²) in [5.41, 5.74) is 8.26. The summed E-state index contributed by atoms with van der Waals surface area (Å²) < 4.78 is 25.1. The van der Waals surface area contributed by atoms with Crippen LogP contribution in [-0.2, 0) is 35.0 Å². The van der Waals surface area contributed by atoms with Crippen molar-refractivity contribution in [1.82, 2.24) is 0 Å². The Labute approximate surface area is 177 Å². The Morgan fingerprint density at radius 3 is 1.86 bits per heavy atom. The summed E-state index contributed by atoms with van der Waals surface area (Å²) in [5.74, 6) is -0.184. The number of methoxy groups -OCH3 is 2. The second kappa shape index (κ2) is 10.4. The van der Waals surface area contributed by atoms with Gasteiger partial charge in [0, 0.05) is 14.2 Å². The van der Waals surface area contributed by atoms with Crippen molar-refractivity contribution in [3.63, 3.8) is 0 Å². The van der Waals surface area contributed by atoms with E-state index in [9.17, 15) is 4.39 Å². The number of rotatable bonds is 8. The zero-order valence-electron chi connectivity index (χ0n) is 16.9. The van der Waals surface area contributed by atoms with E-state index in [1.807, 2.05) is 18.2 Å². The van der Waals surface area contributed by atoms with Crippen molar-refractivity contribution in [1.29, 1.82) is 0 Å². The molecule has 0 bridgehead atoms. The van der Waals surface area contributed by atoms with Crippen molar-refractivity contribution >= 4 is 18.5 Å². The van der Waals surface area contributed by atoms with Crippen LogP contribution in [0.1, 0.15) is 22.3 Å². The average molecular weight is 428 g/mol. The Kier molecular flexibility index (Phi) is 7.92. The van der Waals surface area contributed by atoms with Crippen LogP contribution in [0.15, 0.2) is 54.6 Å². The molecule has 0 spiro atoms. The van der Waals surface area contributed by atoms with Crippen molar-refractivity contribution in [3.8, 4) is 22.3 Å². The third-order valence-corrected chi connectivity index (χ3v) is 5.93. The summed E-state index contributed by atoms with van der Waals surface area (Å²) in [6.07, 6.45) is 1.48.